The van der Waals surface area contributed by atoms with Crippen LogP contribution < -0.4 is 10.1 Å². The van der Waals surface area contributed by atoms with Crippen molar-refractivity contribution in [1.29, 1.82) is 0 Å². The summed E-state index contributed by atoms with van der Waals surface area (Å²) in [6, 6.07) is 5.48. The van der Waals surface area contributed by atoms with E-state index in [2.05, 4.69) is 10.3 Å². The molecule has 1 aromatic heterocycles. The van der Waals surface area contributed by atoms with Crippen LogP contribution in [0.1, 0.15) is 18.4 Å². The lowest BCUT2D eigenvalue weighted by molar-refractivity contribution is 0.434. The van der Waals surface area contributed by atoms with Crippen LogP contribution in [0.3, 0.4) is 0 Å². The second-order valence-electron chi connectivity index (χ2n) is 4.86. The second kappa shape index (κ2) is 5.54. The zero-order valence-corrected chi connectivity index (χ0v) is 10.8. The fourth-order valence-electron chi connectivity index (χ4n) is 1.85. The van der Waals surface area contributed by atoms with Crippen molar-refractivity contribution < 1.29 is 13.5 Å². The van der Waals surface area contributed by atoms with Gasteiger partial charge in [-0.2, -0.15) is 0 Å². The number of halogens is 2. The zero-order chi connectivity index (χ0) is 13.9. The Kier molecular flexibility index (Phi) is 3.60. The number of rotatable bonds is 5. The summed E-state index contributed by atoms with van der Waals surface area (Å²) in [7, 11) is 0. The number of aromatic nitrogens is 1. The van der Waals surface area contributed by atoms with E-state index in [0.717, 1.165) is 23.8 Å². The van der Waals surface area contributed by atoms with Crippen LogP contribution >= 0.6 is 0 Å². The normalized spacial score (nSPS) is 14.3. The van der Waals surface area contributed by atoms with Crippen molar-refractivity contribution in [3.05, 3.63) is 53.9 Å². The molecule has 104 valence electrons. The maximum absolute atomic E-state index is 13.5. The summed E-state index contributed by atoms with van der Waals surface area (Å²) >= 11 is 0. The monoisotopic (exact) mass is 276 g/mol. The molecule has 20 heavy (non-hydrogen) atoms. The summed E-state index contributed by atoms with van der Waals surface area (Å²) in [5.41, 5.74) is 0.950. The number of hydrogen-bond donors (Lipinski definition) is 1. The van der Waals surface area contributed by atoms with Gasteiger partial charge in [0.1, 0.15) is 11.6 Å². The predicted octanol–water partition coefficient (Wildman–Crippen LogP) is 3.40. The molecule has 0 unspecified atom stereocenters. The van der Waals surface area contributed by atoms with Gasteiger partial charge in [-0.3, -0.25) is 4.98 Å². The molecule has 0 radical (unpaired) electrons. The van der Waals surface area contributed by atoms with Crippen LogP contribution in [0.2, 0.25) is 0 Å². The van der Waals surface area contributed by atoms with Crippen LogP contribution in [0.25, 0.3) is 0 Å². The lowest BCUT2D eigenvalue weighted by Crippen LogP contribution is -2.15. The number of ether oxygens (including phenoxy) is 1. The number of benzene rings is 1. The van der Waals surface area contributed by atoms with Gasteiger partial charge in [-0.1, -0.05) is 0 Å². The van der Waals surface area contributed by atoms with Gasteiger partial charge >= 0.3 is 0 Å². The van der Waals surface area contributed by atoms with Crippen LogP contribution in [-0.2, 0) is 6.54 Å². The Labute approximate surface area is 115 Å². The largest absolute Gasteiger partial charge is 0.453 e. The first-order chi connectivity index (χ1) is 9.70. The van der Waals surface area contributed by atoms with E-state index in [-0.39, 0.29) is 5.75 Å². The van der Waals surface area contributed by atoms with Crippen LogP contribution in [0.15, 0.2) is 36.7 Å². The van der Waals surface area contributed by atoms with Gasteiger partial charge in [-0.25, -0.2) is 8.78 Å². The van der Waals surface area contributed by atoms with E-state index in [9.17, 15) is 8.78 Å². The number of nitrogens with one attached hydrogen (secondary N) is 1. The Hall–Kier alpha value is -2.01. The minimum atomic E-state index is -0.604. The highest BCUT2D eigenvalue weighted by Crippen LogP contribution is 2.25. The van der Waals surface area contributed by atoms with Crippen molar-refractivity contribution in [2.75, 3.05) is 0 Å². The van der Waals surface area contributed by atoms with Crippen molar-refractivity contribution >= 4 is 0 Å². The maximum Gasteiger partial charge on any atom is 0.166 e. The lowest BCUT2D eigenvalue weighted by Gasteiger charge is -2.08. The van der Waals surface area contributed by atoms with Gasteiger partial charge in [-0.15, -0.1) is 0 Å². The average molecular weight is 276 g/mol. The third-order valence-electron chi connectivity index (χ3n) is 3.06. The van der Waals surface area contributed by atoms with Crippen LogP contribution in [0, 0.1) is 11.6 Å². The highest BCUT2D eigenvalue weighted by Gasteiger charge is 2.20. The Morgan fingerprint density at radius 3 is 2.85 bits per heavy atom. The number of hydrogen-bond acceptors (Lipinski definition) is 3. The van der Waals surface area contributed by atoms with E-state index in [4.69, 9.17) is 4.74 Å². The van der Waals surface area contributed by atoms with E-state index in [1.165, 1.54) is 19.0 Å². The van der Waals surface area contributed by atoms with E-state index >= 15 is 0 Å². The Balaban J connectivity index is 1.72. The average Bonchev–Trinajstić information content (AvgIpc) is 3.25. The number of nitrogens with zero attached hydrogens (tertiary/aromatic N) is 1. The third-order valence-corrected chi connectivity index (χ3v) is 3.06. The number of pyridine rings is 1. The molecule has 1 aromatic carbocycles. The predicted molar refractivity (Wildman–Crippen MR) is 70.5 cm³/mol. The van der Waals surface area contributed by atoms with E-state index in [1.807, 2.05) is 0 Å². The molecule has 1 aliphatic carbocycles. The molecule has 2 aromatic rings. The molecule has 0 atom stereocenters. The summed E-state index contributed by atoms with van der Waals surface area (Å²) in [4.78, 5) is 4.05. The molecule has 1 heterocycles. The molecule has 1 saturated carbocycles. The van der Waals surface area contributed by atoms with Gasteiger partial charge in [0, 0.05) is 24.8 Å². The molecule has 0 amide bonds. The molecule has 0 bridgehead atoms. The van der Waals surface area contributed by atoms with Gasteiger partial charge in [0.15, 0.2) is 11.6 Å². The minimum absolute atomic E-state index is 0.140. The Morgan fingerprint density at radius 2 is 2.05 bits per heavy atom. The third kappa shape index (κ3) is 3.30. The topological polar surface area (TPSA) is 34.1 Å². The molecule has 1 N–H and O–H groups in total. The SMILES string of the molecule is Fc1ccc(F)c(Oc2cncc(CNC3CC3)c2)c1. The molecule has 3 nitrogen and oxygen atoms in total. The molecular weight excluding hydrogens is 262 g/mol. The van der Waals surface area contributed by atoms with Gasteiger partial charge in [0.25, 0.3) is 0 Å². The highest BCUT2D eigenvalue weighted by molar-refractivity contribution is 5.32. The smallest absolute Gasteiger partial charge is 0.166 e. The van der Waals surface area contributed by atoms with Crippen LogP contribution in [0.4, 0.5) is 8.78 Å². The van der Waals surface area contributed by atoms with Gasteiger partial charge in [0.2, 0.25) is 0 Å². The van der Waals surface area contributed by atoms with E-state index in [0.29, 0.717) is 18.3 Å². The summed E-state index contributed by atoms with van der Waals surface area (Å²) in [6.07, 6.45) is 5.62. The van der Waals surface area contributed by atoms with Crippen LogP contribution in [0.5, 0.6) is 11.5 Å². The first kappa shape index (κ1) is 13.0. The highest BCUT2D eigenvalue weighted by atomic mass is 19.1. The Bertz CT molecular complexity index is 615. The molecule has 0 saturated heterocycles. The Morgan fingerprint density at radius 1 is 1.20 bits per heavy atom. The van der Waals surface area contributed by atoms with Gasteiger partial charge < -0.3 is 10.1 Å². The molecule has 1 aliphatic rings. The van der Waals surface area contributed by atoms with Crippen molar-refractivity contribution in [2.24, 2.45) is 0 Å². The zero-order valence-electron chi connectivity index (χ0n) is 10.8. The summed E-state index contributed by atoms with van der Waals surface area (Å²) in [5, 5.41) is 3.35. The fraction of sp³-hybridized carbons (Fsp3) is 0.267. The summed E-state index contributed by atoms with van der Waals surface area (Å²) < 4.78 is 31.9. The minimum Gasteiger partial charge on any atom is -0.453 e. The van der Waals surface area contributed by atoms with Crippen molar-refractivity contribution in [3.8, 4) is 11.5 Å². The molecule has 0 aliphatic heterocycles. The first-order valence-electron chi connectivity index (χ1n) is 6.51. The first-order valence-corrected chi connectivity index (χ1v) is 6.51. The van der Waals surface area contributed by atoms with Crippen molar-refractivity contribution in [1.82, 2.24) is 10.3 Å². The quantitative estimate of drug-likeness (QED) is 0.908. The summed E-state index contributed by atoms with van der Waals surface area (Å²) in [5.74, 6) is -0.891. The van der Waals surface area contributed by atoms with Gasteiger partial charge in [0.05, 0.1) is 6.20 Å². The molecule has 0 spiro atoms. The standard InChI is InChI=1S/C15H14F2N2O/c16-11-1-4-14(17)15(6-11)20-13-5-10(7-18-9-13)8-19-12-2-3-12/h1,4-7,9,12,19H,2-3,8H2. The van der Waals surface area contributed by atoms with Crippen molar-refractivity contribution in [3.63, 3.8) is 0 Å². The van der Waals surface area contributed by atoms with Gasteiger partial charge in [-0.05, 0) is 36.6 Å². The molecule has 3 rings (SSSR count). The van der Waals surface area contributed by atoms with Crippen LogP contribution in [-0.4, -0.2) is 11.0 Å². The van der Waals surface area contributed by atoms with Crippen molar-refractivity contribution in [2.45, 2.75) is 25.4 Å². The van der Waals surface area contributed by atoms with E-state index < -0.39 is 11.6 Å². The molecule has 1 fully saturated rings. The summed E-state index contributed by atoms with van der Waals surface area (Å²) in [6.45, 7) is 0.695. The van der Waals surface area contributed by atoms with E-state index in [1.54, 1.807) is 12.3 Å². The lowest BCUT2D eigenvalue weighted by atomic mass is 10.2. The molecule has 5 heteroatoms. The fourth-order valence-corrected chi connectivity index (χ4v) is 1.85. The molecular formula is C15H14F2N2O. The second-order valence-corrected chi connectivity index (χ2v) is 4.86. The maximum atomic E-state index is 13.5.